The zero-order chi connectivity index (χ0) is 18.1. The van der Waals surface area contributed by atoms with Gasteiger partial charge in [-0.25, -0.2) is 0 Å². The summed E-state index contributed by atoms with van der Waals surface area (Å²) in [5.41, 5.74) is 2.60. The number of aryl methyl sites for hydroxylation is 1. The minimum absolute atomic E-state index is 0.0100. The average Bonchev–Trinajstić information content (AvgIpc) is 3.07. The number of hydrogen-bond donors (Lipinski definition) is 0. The van der Waals surface area contributed by atoms with Gasteiger partial charge in [0, 0.05) is 26.2 Å². The molecule has 0 radical (unpaired) electrons. The first-order valence-corrected chi connectivity index (χ1v) is 9.11. The molecule has 2 aromatic rings. The number of ether oxygens (including phenoxy) is 1. The van der Waals surface area contributed by atoms with Gasteiger partial charge in [-0.15, -0.1) is 0 Å². The second-order valence-corrected chi connectivity index (χ2v) is 7.14. The fourth-order valence-corrected chi connectivity index (χ4v) is 3.75. The van der Waals surface area contributed by atoms with Crippen molar-refractivity contribution in [2.75, 3.05) is 26.2 Å². The maximum atomic E-state index is 12.8. The third kappa shape index (κ3) is 3.64. The number of amides is 1. The van der Waals surface area contributed by atoms with E-state index >= 15 is 0 Å². The molecule has 1 amide bonds. The van der Waals surface area contributed by atoms with Gasteiger partial charge in [0.25, 0.3) is 5.89 Å². The van der Waals surface area contributed by atoms with E-state index in [0.717, 1.165) is 19.5 Å². The highest BCUT2D eigenvalue weighted by Crippen LogP contribution is 2.24. The minimum atomic E-state index is -0.283. The minimum Gasteiger partial charge on any atom is -0.363 e. The van der Waals surface area contributed by atoms with Gasteiger partial charge in [0.05, 0.1) is 12.6 Å². The van der Waals surface area contributed by atoms with Crippen LogP contribution in [-0.2, 0) is 22.5 Å². The molecule has 7 heteroatoms. The van der Waals surface area contributed by atoms with Crippen LogP contribution >= 0.6 is 0 Å². The predicted octanol–water partition coefficient (Wildman–Crippen LogP) is 1.72. The lowest BCUT2D eigenvalue weighted by Crippen LogP contribution is -2.48. The van der Waals surface area contributed by atoms with Crippen molar-refractivity contribution in [2.45, 2.75) is 39.0 Å². The first-order valence-electron chi connectivity index (χ1n) is 9.11. The monoisotopic (exact) mass is 356 g/mol. The molecule has 1 aromatic carbocycles. The number of carbonyl (C=O) groups excluding carboxylic acids is 1. The van der Waals surface area contributed by atoms with Crippen molar-refractivity contribution in [3.8, 4) is 0 Å². The van der Waals surface area contributed by atoms with Gasteiger partial charge in [-0.2, -0.15) is 4.98 Å². The van der Waals surface area contributed by atoms with Crippen LogP contribution in [0.4, 0.5) is 0 Å². The predicted molar refractivity (Wildman–Crippen MR) is 94.3 cm³/mol. The fraction of sp³-hybridized carbons (Fsp3) is 0.526. The summed E-state index contributed by atoms with van der Waals surface area (Å²) in [5, 5.41) is 3.84. The molecule has 0 spiro atoms. The lowest BCUT2D eigenvalue weighted by molar-refractivity contribution is -0.138. The van der Waals surface area contributed by atoms with Crippen molar-refractivity contribution < 1.29 is 14.1 Å². The SMILES string of the molecule is Cc1noc([C@H]2CN(CC(=O)N3CCc4ccccc4C3)C[C@@H](C)O2)n1. The van der Waals surface area contributed by atoms with Gasteiger partial charge in [-0.1, -0.05) is 29.4 Å². The van der Waals surface area contributed by atoms with Crippen molar-refractivity contribution in [1.29, 1.82) is 0 Å². The Balaban J connectivity index is 1.39. The summed E-state index contributed by atoms with van der Waals surface area (Å²) in [5.74, 6) is 1.24. The Hall–Kier alpha value is -2.25. The summed E-state index contributed by atoms with van der Waals surface area (Å²) in [4.78, 5) is 21.2. The van der Waals surface area contributed by atoms with Crippen LogP contribution in [0.2, 0.25) is 0 Å². The van der Waals surface area contributed by atoms with Crippen molar-refractivity contribution >= 4 is 5.91 Å². The Bertz CT molecular complexity index is 791. The average molecular weight is 356 g/mol. The van der Waals surface area contributed by atoms with Crippen molar-refractivity contribution in [1.82, 2.24) is 19.9 Å². The molecular formula is C19H24N4O3. The first-order chi connectivity index (χ1) is 12.6. The Morgan fingerprint density at radius 3 is 2.85 bits per heavy atom. The van der Waals surface area contributed by atoms with Crippen LogP contribution in [0, 0.1) is 6.92 Å². The van der Waals surface area contributed by atoms with E-state index in [1.165, 1.54) is 11.1 Å². The molecular weight excluding hydrogens is 332 g/mol. The van der Waals surface area contributed by atoms with Crippen LogP contribution in [0.1, 0.15) is 35.9 Å². The number of benzene rings is 1. The summed E-state index contributed by atoms with van der Waals surface area (Å²) >= 11 is 0. The molecule has 26 heavy (non-hydrogen) atoms. The molecule has 0 aliphatic carbocycles. The van der Waals surface area contributed by atoms with E-state index in [1.807, 2.05) is 17.9 Å². The van der Waals surface area contributed by atoms with Gasteiger partial charge in [-0.3, -0.25) is 9.69 Å². The summed E-state index contributed by atoms with van der Waals surface area (Å²) in [7, 11) is 0. The van der Waals surface area contributed by atoms with E-state index < -0.39 is 0 Å². The second-order valence-electron chi connectivity index (χ2n) is 7.14. The van der Waals surface area contributed by atoms with Crippen LogP contribution < -0.4 is 0 Å². The number of aromatic nitrogens is 2. The van der Waals surface area contributed by atoms with Gasteiger partial charge in [0.15, 0.2) is 5.82 Å². The lowest BCUT2D eigenvalue weighted by atomic mass is 10.00. The molecule has 0 unspecified atom stereocenters. The van der Waals surface area contributed by atoms with Crippen LogP contribution in [-0.4, -0.2) is 58.1 Å². The summed E-state index contributed by atoms with van der Waals surface area (Å²) in [6.45, 7) is 6.96. The van der Waals surface area contributed by atoms with E-state index in [1.54, 1.807) is 6.92 Å². The van der Waals surface area contributed by atoms with E-state index in [-0.39, 0.29) is 18.1 Å². The van der Waals surface area contributed by atoms with Gasteiger partial charge in [0.1, 0.15) is 6.10 Å². The number of rotatable bonds is 3. The Kier molecular flexibility index (Phi) is 4.74. The molecule has 2 aliphatic rings. The van der Waals surface area contributed by atoms with E-state index in [9.17, 15) is 4.79 Å². The number of fused-ring (bicyclic) bond motifs is 1. The molecule has 138 valence electrons. The molecule has 1 saturated heterocycles. The molecule has 0 N–H and O–H groups in total. The third-order valence-electron chi connectivity index (χ3n) is 5.00. The summed E-state index contributed by atoms with van der Waals surface area (Å²) in [6.07, 6.45) is 0.649. The molecule has 4 rings (SSSR count). The molecule has 3 heterocycles. The standard InChI is InChI=1S/C19H24N4O3/c1-13-9-22(11-17(25-13)19-20-14(2)21-26-19)12-18(24)23-8-7-15-5-3-4-6-16(15)10-23/h3-6,13,17H,7-12H2,1-2H3/t13-,17-/m1/s1. The Labute approximate surface area is 152 Å². The molecule has 2 atom stereocenters. The number of morpholine rings is 1. The molecule has 2 aliphatic heterocycles. The topological polar surface area (TPSA) is 71.7 Å². The smallest absolute Gasteiger partial charge is 0.257 e. The van der Waals surface area contributed by atoms with E-state index in [4.69, 9.17) is 9.26 Å². The van der Waals surface area contributed by atoms with Crippen molar-refractivity contribution in [3.05, 3.63) is 47.1 Å². The van der Waals surface area contributed by atoms with Crippen LogP contribution in [0.5, 0.6) is 0 Å². The Morgan fingerprint density at radius 2 is 2.08 bits per heavy atom. The Morgan fingerprint density at radius 1 is 1.27 bits per heavy atom. The largest absolute Gasteiger partial charge is 0.363 e. The summed E-state index contributed by atoms with van der Waals surface area (Å²) < 4.78 is 11.2. The molecule has 1 aromatic heterocycles. The second kappa shape index (κ2) is 7.17. The number of carbonyl (C=O) groups is 1. The zero-order valence-corrected chi connectivity index (χ0v) is 15.2. The third-order valence-corrected chi connectivity index (χ3v) is 5.00. The lowest BCUT2D eigenvalue weighted by Gasteiger charge is -2.36. The molecule has 0 bridgehead atoms. The summed E-state index contributed by atoms with van der Waals surface area (Å²) in [6, 6.07) is 8.36. The van der Waals surface area contributed by atoms with Gasteiger partial charge in [-0.05, 0) is 31.4 Å². The van der Waals surface area contributed by atoms with E-state index in [2.05, 4.69) is 33.2 Å². The van der Waals surface area contributed by atoms with Crippen LogP contribution in [0.15, 0.2) is 28.8 Å². The molecule has 1 fully saturated rings. The molecule has 0 saturated carbocycles. The highest BCUT2D eigenvalue weighted by atomic mass is 16.5. The van der Waals surface area contributed by atoms with Gasteiger partial charge < -0.3 is 14.2 Å². The normalized spacial score (nSPS) is 23.7. The van der Waals surface area contributed by atoms with Crippen LogP contribution in [0.3, 0.4) is 0 Å². The number of nitrogens with zero attached hydrogens (tertiary/aromatic N) is 4. The van der Waals surface area contributed by atoms with Gasteiger partial charge in [0.2, 0.25) is 5.91 Å². The highest BCUT2D eigenvalue weighted by Gasteiger charge is 2.32. The first kappa shape index (κ1) is 17.2. The zero-order valence-electron chi connectivity index (χ0n) is 15.2. The highest BCUT2D eigenvalue weighted by molar-refractivity contribution is 5.78. The van der Waals surface area contributed by atoms with Gasteiger partial charge >= 0.3 is 0 Å². The van der Waals surface area contributed by atoms with Crippen molar-refractivity contribution in [2.24, 2.45) is 0 Å². The molecule has 7 nitrogen and oxygen atoms in total. The maximum Gasteiger partial charge on any atom is 0.257 e. The van der Waals surface area contributed by atoms with E-state index in [0.29, 0.717) is 31.3 Å². The number of hydrogen-bond acceptors (Lipinski definition) is 6. The fourth-order valence-electron chi connectivity index (χ4n) is 3.75. The van der Waals surface area contributed by atoms with Crippen molar-refractivity contribution in [3.63, 3.8) is 0 Å². The maximum absolute atomic E-state index is 12.8. The van der Waals surface area contributed by atoms with Crippen LogP contribution in [0.25, 0.3) is 0 Å². The quantitative estimate of drug-likeness (QED) is 0.834.